The third kappa shape index (κ3) is 11.5. The molecule has 0 bridgehead atoms. The first-order valence-electron chi connectivity index (χ1n) is 6.97. The Kier molecular flexibility index (Phi) is 13.5. The second kappa shape index (κ2) is 14.1. The molecular formula is C15H26IN3O2. The molecule has 120 valence electrons. The van der Waals surface area contributed by atoms with Crippen LogP contribution in [-0.2, 0) is 15.9 Å². The van der Waals surface area contributed by atoms with Crippen LogP contribution in [-0.4, -0.2) is 46.0 Å². The van der Waals surface area contributed by atoms with Gasteiger partial charge in [0.25, 0.3) is 0 Å². The molecule has 21 heavy (non-hydrogen) atoms. The molecule has 0 fully saturated rings. The van der Waals surface area contributed by atoms with Crippen molar-refractivity contribution in [2.75, 3.05) is 40.0 Å². The number of benzene rings is 1. The van der Waals surface area contributed by atoms with Gasteiger partial charge in [-0.05, 0) is 18.4 Å². The number of guanidine groups is 1. The van der Waals surface area contributed by atoms with Crippen LogP contribution in [0.2, 0.25) is 0 Å². The zero-order chi connectivity index (χ0) is 14.5. The van der Waals surface area contributed by atoms with Crippen molar-refractivity contribution >= 4 is 29.9 Å². The largest absolute Gasteiger partial charge is 0.382 e. The van der Waals surface area contributed by atoms with Gasteiger partial charge < -0.3 is 20.5 Å². The number of nitrogens with zero attached hydrogens (tertiary/aromatic N) is 1. The van der Waals surface area contributed by atoms with E-state index in [1.54, 1.807) is 7.11 Å². The summed E-state index contributed by atoms with van der Waals surface area (Å²) >= 11 is 0. The maximum absolute atomic E-state index is 5.78. The number of methoxy groups -OCH3 is 1. The fourth-order valence-corrected chi connectivity index (χ4v) is 1.65. The molecule has 0 amide bonds. The summed E-state index contributed by atoms with van der Waals surface area (Å²) in [6.45, 7) is 3.42. The van der Waals surface area contributed by atoms with Gasteiger partial charge in [-0.1, -0.05) is 30.3 Å². The van der Waals surface area contributed by atoms with Gasteiger partial charge in [-0.3, -0.25) is 4.99 Å². The number of nitrogens with one attached hydrogen (secondary N) is 1. The number of ether oxygens (including phenoxy) is 2. The van der Waals surface area contributed by atoms with Gasteiger partial charge in [0.15, 0.2) is 5.96 Å². The third-order valence-corrected chi connectivity index (χ3v) is 2.72. The second-order valence-corrected chi connectivity index (χ2v) is 4.39. The number of rotatable bonds is 10. The van der Waals surface area contributed by atoms with Crippen molar-refractivity contribution in [2.45, 2.75) is 12.8 Å². The SMILES string of the molecule is COCCOCCCN=C(N)NCCc1ccccc1.I. The highest BCUT2D eigenvalue weighted by atomic mass is 127. The van der Waals surface area contributed by atoms with E-state index >= 15 is 0 Å². The molecule has 0 atom stereocenters. The van der Waals surface area contributed by atoms with Gasteiger partial charge in [0, 0.05) is 26.8 Å². The van der Waals surface area contributed by atoms with Crippen LogP contribution in [0, 0.1) is 0 Å². The molecule has 0 aliphatic rings. The third-order valence-electron chi connectivity index (χ3n) is 2.72. The van der Waals surface area contributed by atoms with Crippen molar-refractivity contribution in [2.24, 2.45) is 10.7 Å². The molecule has 0 unspecified atom stereocenters. The van der Waals surface area contributed by atoms with E-state index in [4.69, 9.17) is 15.2 Å². The summed E-state index contributed by atoms with van der Waals surface area (Å²) in [5.74, 6) is 0.498. The summed E-state index contributed by atoms with van der Waals surface area (Å²) in [6, 6.07) is 10.3. The van der Waals surface area contributed by atoms with E-state index in [0.717, 1.165) is 19.4 Å². The quantitative estimate of drug-likeness (QED) is 0.269. The fourth-order valence-electron chi connectivity index (χ4n) is 1.65. The minimum atomic E-state index is 0. The highest BCUT2D eigenvalue weighted by molar-refractivity contribution is 14.0. The van der Waals surface area contributed by atoms with Crippen molar-refractivity contribution in [3.8, 4) is 0 Å². The van der Waals surface area contributed by atoms with Crippen LogP contribution in [0.3, 0.4) is 0 Å². The van der Waals surface area contributed by atoms with E-state index in [2.05, 4.69) is 22.4 Å². The first-order chi connectivity index (χ1) is 9.83. The Balaban J connectivity index is 0.00000400. The van der Waals surface area contributed by atoms with Crippen molar-refractivity contribution in [3.63, 3.8) is 0 Å². The molecule has 0 saturated heterocycles. The summed E-state index contributed by atoms with van der Waals surface area (Å²) in [5.41, 5.74) is 7.07. The van der Waals surface area contributed by atoms with Crippen LogP contribution in [0.5, 0.6) is 0 Å². The van der Waals surface area contributed by atoms with Gasteiger partial charge in [0.1, 0.15) is 0 Å². The molecule has 0 radical (unpaired) electrons. The Hall–Kier alpha value is -0.860. The molecule has 0 aliphatic carbocycles. The Labute approximate surface area is 144 Å². The van der Waals surface area contributed by atoms with Gasteiger partial charge in [-0.15, -0.1) is 24.0 Å². The lowest BCUT2D eigenvalue weighted by atomic mass is 10.1. The van der Waals surface area contributed by atoms with Gasteiger partial charge in [0.05, 0.1) is 13.2 Å². The van der Waals surface area contributed by atoms with Gasteiger partial charge in [-0.25, -0.2) is 0 Å². The Morgan fingerprint density at radius 1 is 1.19 bits per heavy atom. The monoisotopic (exact) mass is 407 g/mol. The normalized spacial score (nSPS) is 11.0. The van der Waals surface area contributed by atoms with Gasteiger partial charge in [-0.2, -0.15) is 0 Å². The zero-order valence-corrected chi connectivity index (χ0v) is 14.9. The van der Waals surface area contributed by atoms with E-state index in [-0.39, 0.29) is 24.0 Å². The second-order valence-electron chi connectivity index (χ2n) is 4.39. The number of nitrogens with two attached hydrogens (primary N) is 1. The molecule has 1 aromatic carbocycles. The number of halogens is 1. The molecule has 5 nitrogen and oxygen atoms in total. The minimum Gasteiger partial charge on any atom is -0.382 e. The van der Waals surface area contributed by atoms with Crippen LogP contribution in [0.15, 0.2) is 35.3 Å². The number of aliphatic imine (C=N–C) groups is 1. The molecule has 0 saturated carbocycles. The molecule has 1 aromatic rings. The molecule has 1 rings (SSSR count). The van der Waals surface area contributed by atoms with Gasteiger partial charge in [0.2, 0.25) is 0 Å². The van der Waals surface area contributed by atoms with E-state index in [1.807, 2.05) is 18.2 Å². The summed E-state index contributed by atoms with van der Waals surface area (Å²) in [7, 11) is 1.66. The number of hydrogen-bond donors (Lipinski definition) is 2. The molecule has 0 heterocycles. The lowest BCUT2D eigenvalue weighted by Gasteiger charge is -2.06. The molecule has 6 heteroatoms. The summed E-state index contributed by atoms with van der Waals surface area (Å²) in [5, 5.41) is 3.11. The predicted molar refractivity (Wildman–Crippen MR) is 97.4 cm³/mol. The van der Waals surface area contributed by atoms with Crippen LogP contribution in [0.25, 0.3) is 0 Å². The van der Waals surface area contributed by atoms with Crippen LogP contribution in [0.4, 0.5) is 0 Å². The van der Waals surface area contributed by atoms with Crippen molar-refractivity contribution < 1.29 is 9.47 Å². The van der Waals surface area contributed by atoms with Crippen LogP contribution < -0.4 is 11.1 Å². The maximum atomic E-state index is 5.78. The summed E-state index contributed by atoms with van der Waals surface area (Å²) in [4.78, 5) is 4.25. The summed E-state index contributed by atoms with van der Waals surface area (Å²) < 4.78 is 10.2. The van der Waals surface area contributed by atoms with Crippen LogP contribution in [0.1, 0.15) is 12.0 Å². The fraction of sp³-hybridized carbons (Fsp3) is 0.533. The molecular weight excluding hydrogens is 381 g/mol. The average Bonchev–Trinajstić information content (AvgIpc) is 2.47. The smallest absolute Gasteiger partial charge is 0.188 e. The Bertz CT molecular complexity index is 374. The Morgan fingerprint density at radius 3 is 2.67 bits per heavy atom. The highest BCUT2D eigenvalue weighted by Gasteiger charge is 1.94. The molecule has 0 aromatic heterocycles. The Morgan fingerprint density at radius 2 is 1.95 bits per heavy atom. The maximum Gasteiger partial charge on any atom is 0.188 e. The van der Waals surface area contributed by atoms with Crippen molar-refractivity contribution in [3.05, 3.63) is 35.9 Å². The minimum absolute atomic E-state index is 0. The predicted octanol–water partition coefficient (Wildman–Crippen LogP) is 1.80. The zero-order valence-electron chi connectivity index (χ0n) is 12.6. The molecule has 3 N–H and O–H groups in total. The first-order valence-corrected chi connectivity index (χ1v) is 6.97. The van der Waals surface area contributed by atoms with Crippen molar-refractivity contribution in [1.82, 2.24) is 5.32 Å². The van der Waals surface area contributed by atoms with E-state index in [9.17, 15) is 0 Å². The lowest BCUT2D eigenvalue weighted by Crippen LogP contribution is -2.33. The van der Waals surface area contributed by atoms with E-state index in [1.165, 1.54) is 5.56 Å². The van der Waals surface area contributed by atoms with E-state index in [0.29, 0.717) is 32.3 Å². The molecule has 0 spiro atoms. The first kappa shape index (κ1) is 20.1. The lowest BCUT2D eigenvalue weighted by molar-refractivity contribution is 0.0702. The van der Waals surface area contributed by atoms with Crippen molar-refractivity contribution in [1.29, 1.82) is 0 Å². The highest BCUT2D eigenvalue weighted by Crippen LogP contribution is 1.97. The number of hydrogen-bond acceptors (Lipinski definition) is 3. The topological polar surface area (TPSA) is 68.9 Å². The van der Waals surface area contributed by atoms with E-state index < -0.39 is 0 Å². The molecule has 0 aliphatic heterocycles. The average molecular weight is 407 g/mol. The van der Waals surface area contributed by atoms with Crippen LogP contribution >= 0.6 is 24.0 Å². The van der Waals surface area contributed by atoms with Gasteiger partial charge >= 0.3 is 0 Å². The standard InChI is InChI=1S/C15H25N3O2.HI/c1-19-12-13-20-11-5-9-17-15(16)18-10-8-14-6-3-2-4-7-14;/h2-4,6-7H,5,8-13H2,1H3,(H3,16,17,18);1H. The summed E-state index contributed by atoms with van der Waals surface area (Å²) in [6.07, 6.45) is 1.81.